The highest BCUT2D eigenvalue weighted by atomic mass is 35.5. The highest BCUT2D eigenvalue weighted by Gasteiger charge is 2.15. The maximum Gasteiger partial charge on any atom is 0.242 e. The molecule has 2 rings (SSSR count). The van der Waals surface area contributed by atoms with E-state index >= 15 is 0 Å². The molecule has 6 nitrogen and oxygen atoms in total. The van der Waals surface area contributed by atoms with Crippen LogP contribution >= 0.6 is 11.6 Å². The van der Waals surface area contributed by atoms with Gasteiger partial charge in [0.25, 0.3) is 0 Å². The Morgan fingerprint density at radius 1 is 1.00 bits per heavy atom. The van der Waals surface area contributed by atoms with E-state index in [0.717, 1.165) is 0 Å². The molecule has 0 saturated heterocycles. The molecule has 2 N–H and O–H groups in total. The maximum absolute atomic E-state index is 5.81. The van der Waals surface area contributed by atoms with Gasteiger partial charge in [-0.2, -0.15) is 0 Å². The number of hydrogen-bond acceptors (Lipinski definition) is 6. The van der Waals surface area contributed by atoms with E-state index < -0.39 is 0 Å². The summed E-state index contributed by atoms with van der Waals surface area (Å²) < 4.78 is 21.4. The lowest BCUT2D eigenvalue weighted by molar-refractivity contribution is 0.320. The zero-order valence-corrected chi connectivity index (χ0v) is 12.6. The maximum atomic E-state index is 5.81. The molecule has 0 atom stereocenters. The quantitative estimate of drug-likeness (QED) is 0.914. The van der Waals surface area contributed by atoms with E-state index in [1.807, 2.05) is 0 Å². The van der Waals surface area contributed by atoms with Crippen molar-refractivity contribution in [3.05, 3.63) is 29.4 Å². The lowest BCUT2D eigenvalue weighted by atomic mass is 10.2. The van der Waals surface area contributed by atoms with Crippen LogP contribution in [0.2, 0.25) is 5.02 Å². The van der Waals surface area contributed by atoms with E-state index in [9.17, 15) is 0 Å². The highest BCUT2D eigenvalue weighted by molar-refractivity contribution is 6.30. The molecule has 0 saturated carbocycles. The molecule has 0 amide bonds. The molecule has 0 aliphatic rings. The summed E-state index contributed by atoms with van der Waals surface area (Å²) in [6, 6.07) is 4.86. The van der Waals surface area contributed by atoms with Crippen LogP contribution in [0.5, 0.6) is 28.9 Å². The molecular weight excluding hydrogens is 296 g/mol. The molecule has 0 fully saturated rings. The van der Waals surface area contributed by atoms with Crippen molar-refractivity contribution in [2.45, 2.75) is 0 Å². The van der Waals surface area contributed by atoms with Crippen LogP contribution in [0, 0.1) is 0 Å². The molecule has 0 radical (unpaired) electrons. The second-order valence-electron chi connectivity index (χ2n) is 4.01. The molecule has 1 heterocycles. The summed E-state index contributed by atoms with van der Waals surface area (Å²) in [6.45, 7) is 0. The standard InChI is InChI=1S/C14H15ClN2O4/c1-18-11-5-9(6-12(19-2)13(11)20-3)21-14-10(16)4-8(15)7-17-14/h4-7H,16H2,1-3H3. The Balaban J connectivity index is 2.40. The summed E-state index contributed by atoms with van der Waals surface area (Å²) in [5.41, 5.74) is 6.14. The fraction of sp³-hybridized carbons (Fsp3) is 0.214. The molecular formula is C14H15ClN2O4. The number of nitrogen functional groups attached to an aromatic ring is 1. The van der Waals surface area contributed by atoms with Gasteiger partial charge in [-0.3, -0.25) is 0 Å². The molecule has 112 valence electrons. The lowest BCUT2D eigenvalue weighted by Crippen LogP contribution is -1.98. The minimum Gasteiger partial charge on any atom is -0.493 e. The third-order valence-electron chi connectivity index (χ3n) is 2.70. The molecule has 1 aromatic carbocycles. The first-order valence-corrected chi connectivity index (χ1v) is 6.35. The second kappa shape index (κ2) is 6.41. The molecule has 1 aromatic heterocycles. The lowest BCUT2D eigenvalue weighted by Gasteiger charge is -2.14. The van der Waals surface area contributed by atoms with Crippen LogP contribution in [0.4, 0.5) is 5.69 Å². The number of anilines is 1. The number of halogens is 1. The zero-order valence-electron chi connectivity index (χ0n) is 11.8. The van der Waals surface area contributed by atoms with Gasteiger partial charge in [0, 0.05) is 18.3 Å². The van der Waals surface area contributed by atoms with Gasteiger partial charge in [0.2, 0.25) is 11.6 Å². The Morgan fingerprint density at radius 2 is 1.62 bits per heavy atom. The van der Waals surface area contributed by atoms with E-state index in [1.54, 1.807) is 18.2 Å². The largest absolute Gasteiger partial charge is 0.493 e. The monoisotopic (exact) mass is 310 g/mol. The van der Waals surface area contributed by atoms with Crippen molar-refractivity contribution in [2.24, 2.45) is 0 Å². The zero-order chi connectivity index (χ0) is 15.4. The van der Waals surface area contributed by atoms with Gasteiger partial charge in [0.1, 0.15) is 5.75 Å². The van der Waals surface area contributed by atoms with Gasteiger partial charge in [-0.1, -0.05) is 11.6 Å². The van der Waals surface area contributed by atoms with Crippen LogP contribution in [-0.4, -0.2) is 26.3 Å². The van der Waals surface area contributed by atoms with Crippen LogP contribution in [-0.2, 0) is 0 Å². The third kappa shape index (κ3) is 3.22. The van der Waals surface area contributed by atoms with Crippen molar-refractivity contribution in [3.63, 3.8) is 0 Å². The molecule has 7 heteroatoms. The van der Waals surface area contributed by atoms with E-state index in [2.05, 4.69) is 4.98 Å². The van der Waals surface area contributed by atoms with Crippen molar-refractivity contribution < 1.29 is 18.9 Å². The fourth-order valence-electron chi connectivity index (χ4n) is 1.76. The van der Waals surface area contributed by atoms with Crippen LogP contribution in [0.1, 0.15) is 0 Å². The summed E-state index contributed by atoms with van der Waals surface area (Å²) in [5, 5.41) is 0.435. The first-order valence-electron chi connectivity index (χ1n) is 5.98. The number of ether oxygens (including phenoxy) is 4. The van der Waals surface area contributed by atoms with E-state index in [0.29, 0.717) is 33.7 Å². The number of aromatic nitrogens is 1. The summed E-state index contributed by atoms with van der Waals surface area (Å²) in [4.78, 5) is 4.03. The van der Waals surface area contributed by atoms with Crippen molar-refractivity contribution in [3.8, 4) is 28.9 Å². The van der Waals surface area contributed by atoms with Crippen LogP contribution in [0.15, 0.2) is 24.4 Å². The van der Waals surface area contributed by atoms with Gasteiger partial charge in [-0.05, 0) is 6.07 Å². The first kappa shape index (κ1) is 15.1. The minimum absolute atomic E-state index is 0.244. The van der Waals surface area contributed by atoms with Crippen LogP contribution < -0.4 is 24.7 Å². The number of benzene rings is 1. The number of nitrogens with two attached hydrogens (primary N) is 1. The topological polar surface area (TPSA) is 75.8 Å². The average Bonchev–Trinajstić information content (AvgIpc) is 2.49. The average molecular weight is 311 g/mol. The van der Waals surface area contributed by atoms with Crippen molar-refractivity contribution in [2.75, 3.05) is 27.1 Å². The molecule has 21 heavy (non-hydrogen) atoms. The fourth-order valence-corrected chi connectivity index (χ4v) is 1.92. The molecule has 2 aromatic rings. The van der Waals surface area contributed by atoms with Gasteiger partial charge in [-0.25, -0.2) is 4.98 Å². The predicted molar refractivity (Wildman–Crippen MR) is 79.8 cm³/mol. The normalized spacial score (nSPS) is 10.1. The van der Waals surface area contributed by atoms with E-state index in [-0.39, 0.29) is 5.88 Å². The Morgan fingerprint density at radius 3 is 2.10 bits per heavy atom. The number of rotatable bonds is 5. The number of nitrogens with zero attached hydrogens (tertiary/aromatic N) is 1. The number of pyridine rings is 1. The number of hydrogen-bond donors (Lipinski definition) is 1. The Labute approximate surface area is 127 Å². The summed E-state index contributed by atoms with van der Waals surface area (Å²) in [7, 11) is 4.57. The Hall–Kier alpha value is -2.34. The molecule has 0 unspecified atom stereocenters. The smallest absolute Gasteiger partial charge is 0.242 e. The molecule has 0 aliphatic heterocycles. The predicted octanol–water partition coefficient (Wildman–Crippen LogP) is 3.14. The van der Waals surface area contributed by atoms with Crippen molar-refractivity contribution in [1.82, 2.24) is 4.98 Å². The Kier molecular flexibility index (Phi) is 4.59. The van der Waals surface area contributed by atoms with Crippen molar-refractivity contribution in [1.29, 1.82) is 0 Å². The van der Waals surface area contributed by atoms with Crippen LogP contribution in [0.3, 0.4) is 0 Å². The summed E-state index contributed by atoms with van der Waals surface area (Å²) in [6.07, 6.45) is 1.45. The van der Waals surface area contributed by atoms with E-state index in [1.165, 1.54) is 27.5 Å². The van der Waals surface area contributed by atoms with Crippen LogP contribution in [0.25, 0.3) is 0 Å². The van der Waals surface area contributed by atoms with Gasteiger partial charge in [0.05, 0.1) is 32.0 Å². The van der Waals surface area contributed by atoms with E-state index in [4.69, 9.17) is 36.3 Å². The number of methoxy groups -OCH3 is 3. The SMILES string of the molecule is COc1cc(Oc2ncc(Cl)cc2N)cc(OC)c1OC. The second-order valence-corrected chi connectivity index (χ2v) is 4.45. The highest BCUT2D eigenvalue weighted by Crippen LogP contribution is 2.42. The molecule has 0 spiro atoms. The first-order chi connectivity index (χ1) is 10.1. The van der Waals surface area contributed by atoms with Gasteiger partial charge in [0.15, 0.2) is 11.5 Å². The molecule has 0 aliphatic carbocycles. The van der Waals surface area contributed by atoms with Gasteiger partial charge >= 0.3 is 0 Å². The Bertz CT molecular complexity index is 624. The van der Waals surface area contributed by atoms with Crippen molar-refractivity contribution >= 4 is 17.3 Å². The summed E-state index contributed by atoms with van der Waals surface area (Å²) >= 11 is 5.80. The van der Waals surface area contributed by atoms with Gasteiger partial charge < -0.3 is 24.7 Å². The summed E-state index contributed by atoms with van der Waals surface area (Å²) in [5.74, 6) is 2.11. The third-order valence-corrected chi connectivity index (χ3v) is 2.90. The minimum atomic E-state index is 0.244. The van der Waals surface area contributed by atoms with Gasteiger partial charge in [-0.15, -0.1) is 0 Å². The molecule has 0 bridgehead atoms.